The van der Waals surface area contributed by atoms with Crippen molar-refractivity contribution in [3.8, 4) is 5.75 Å². The number of benzene rings is 3. The molecule has 0 aliphatic carbocycles. The first-order chi connectivity index (χ1) is 16.9. The maximum Gasteiger partial charge on any atom is 0.269 e. The third kappa shape index (κ3) is 5.78. The molecule has 0 aromatic heterocycles. The molecule has 0 atom stereocenters. The Morgan fingerprint density at radius 1 is 1.11 bits per heavy atom. The molecule has 1 saturated heterocycles. The largest absolute Gasteiger partial charge is 0.497 e. The van der Waals surface area contributed by atoms with Crippen LogP contribution in [0.2, 0.25) is 5.02 Å². The van der Waals surface area contributed by atoms with Gasteiger partial charge in [-0.3, -0.25) is 19.8 Å². The zero-order valence-corrected chi connectivity index (χ0v) is 20.0. The number of carbonyl (C=O) groups excluding carboxylic acids is 1. The Morgan fingerprint density at radius 2 is 1.77 bits per heavy atom. The molecule has 0 saturated carbocycles. The Hall–Kier alpha value is -3.49. The molecular weight excluding hydrogens is 473 g/mol. The summed E-state index contributed by atoms with van der Waals surface area (Å²) in [5.74, 6) is 0.122. The molecule has 1 heterocycles. The minimum absolute atomic E-state index is 0.00635. The summed E-state index contributed by atoms with van der Waals surface area (Å²) in [5.41, 5.74) is 1.85. The van der Waals surface area contributed by atoms with Gasteiger partial charge in [0.2, 0.25) is 0 Å². The first kappa shape index (κ1) is 24.6. The van der Waals surface area contributed by atoms with Crippen LogP contribution in [0.25, 0.3) is 0 Å². The van der Waals surface area contributed by atoms with E-state index in [0.29, 0.717) is 60.1 Å². The molecule has 1 aliphatic heterocycles. The fraction of sp³-hybridized carbons (Fsp3) is 0.269. The number of nitro benzene ring substituents is 1. The number of ether oxygens (including phenoxy) is 1. The number of nitrogens with zero attached hydrogens (tertiary/aromatic N) is 3. The van der Waals surface area contributed by atoms with Gasteiger partial charge in [-0.1, -0.05) is 11.6 Å². The molecule has 9 heteroatoms. The lowest BCUT2D eigenvalue weighted by Gasteiger charge is -2.38. The first-order valence-electron chi connectivity index (χ1n) is 11.2. The number of piperidine rings is 1. The monoisotopic (exact) mass is 497 g/mol. The van der Waals surface area contributed by atoms with Crippen LogP contribution in [0.3, 0.4) is 0 Å². The first-order valence-corrected chi connectivity index (χ1v) is 11.6. The normalized spacial score (nSPS) is 14.5. The molecule has 182 valence electrons. The summed E-state index contributed by atoms with van der Waals surface area (Å²) in [6.45, 7) is 1.84. The molecule has 0 radical (unpaired) electrons. The number of halogens is 2. The van der Waals surface area contributed by atoms with E-state index in [1.807, 2.05) is 0 Å². The number of likely N-dealkylation sites (tertiary alicyclic amines) is 1. The quantitative estimate of drug-likeness (QED) is 0.309. The third-order valence-electron chi connectivity index (χ3n) is 6.22. The molecule has 7 nitrogen and oxygen atoms in total. The molecule has 0 N–H and O–H groups in total. The zero-order valence-electron chi connectivity index (χ0n) is 19.2. The van der Waals surface area contributed by atoms with E-state index in [9.17, 15) is 19.3 Å². The summed E-state index contributed by atoms with van der Waals surface area (Å²) in [4.78, 5) is 28.1. The summed E-state index contributed by atoms with van der Waals surface area (Å²) in [5, 5.41) is 11.6. The minimum Gasteiger partial charge on any atom is -0.497 e. The molecule has 3 aromatic carbocycles. The van der Waals surface area contributed by atoms with Crippen molar-refractivity contribution in [3.05, 3.63) is 98.8 Å². The van der Waals surface area contributed by atoms with Crippen LogP contribution in [0, 0.1) is 15.9 Å². The van der Waals surface area contributed by atoms with Crippen molar-refractivity contribution in [2.75, 3.05) is 25.1 Å². The van der Waals surface area contributed by atoms with Gasteiger partial charge in [-0.2, -0.15) is 0 Å². The minimum atomic E-state index is -0.433. The lowest BCUT2D eigenvalue weighted by Crippen LogP contribution is -2.47. The Kier molecular flexibility index (Phi) is 7.63. The van der Waals surface area contributed by atoms with Crippen LogP contribution in [0.15, 0.2) is 66.7 Å². The standard InChI is InChI=1S/C26H25ClFN3O4/c1-35-24-9-2-18(3-10-24)26(32)30(21-6-4-20(28)5-7-21)22-12-14-29(15-13-22)17-19-16-23(31(33)34)8-11-25(19)27/h2-11,16,22H,12-15,17H2,1H3. The summed E-state index contributed by atoms with van der Waals surface area (Å²) in [6.07, 6.45) is 1.37. The second-order valence-electron chi connectivity index (χ2n) is 8.42. The zero-order chi connectivity index (χ0) is 24.9. The summed E-state index contributed by atoms with van der Waals surface area (Å²) >= 11 is 6.28. The second kappa shape index (κ2) is 10.8. The van der Waals surface area contributed by atoms with Crippen molar-refractivity contribution in [2.24, 2.45) is 0 Å². The Labute approximate surface area is 207 Å². The van der Waals surface area contributed by atoms with Gasteiger partial charge in [-0.25, -0.2) is 4.39 Å². The highest BCUT2D eigenvalue weighted by Crippen LogP contribution is 2.29. The van der Waals surface area contributed by atoms with E-state index in [2.05, 4.69) is 4.90 Å². The number of anilines is 1. The van der Waals surface area contributed by atoms with E-state index >= 15 is 0 Å². The molecule has 3 aromatic rings. The van der Waals surface area contributed by atoms with E-state index < -0.39 is 4.92 Å². The molecular formula is C26H25ClFN3O4. The van der Waals surface area contributed by atoms with Gasteiger partial charge in [-0.15, -0.1) is 0 Å². The maximum absolute atomic E-state index is 13.6. The summed E-state index contributed by atoms with van der Waals surface area (Å²) < 4.78 is 18.8. The van der Waals surface area contributed by atoms with Gasteiger partial charge in [0.1, 0.15) is 11.6 Å². The predicted molar refractivity (Wildman–Crippen MR) is 133 cm³/mol. The number of amides is 1. The highest BCUT2D eigenvalue weighted by Gasteiger charge is 2.30. The van der Waals surface area contributed by atoms with Crippen molar-refractivity contribution in [1.82, 2.24) is 4.90 Å². The van der Waals surface area contributed by atoms with Crippen molar-refractivity contribution >= 4 is 28.9 Å². The highest BCUT2D eigenvalue weighted by atomic mass is 35.5. The number of hydrogen-bond donors (Lipinski definition) is 0. The van der Waals surface area contributed by atoms with Crippen LogP contribution in [0.1, 0.15) is 28.8 Å². The average molecular weight is 498 g/mol. The van der Waals surface area contributed by atoms with Gasteiger partial charge in [0.05, 0.1) is 12.0 Å². The van der Waals surface area contributed by atoms with Crippen LogP contribution < -0.4 is 9.64 Å². The molecule has 1 fully saturated rings. The fourth-order valence-electron chi connectivity index (χ4n) is 4.34. The maximum atomic E-state index is 13.6. The number of non-ortho nitro benzene ring substituents is 1. The van der Waals surface area contributed by atoms with Crippen molar-refractivity contribution in [2.45, 2.75) is 25.4 Å². The molecule has 1 amide bonds. The Balaban J connectivity index is 1.51. The molecule has 0 spiro atoms. The van der Waals surface area contributed by atoms with Gasteiger partial charge in [-0.05, 0) is 73.0 Å². The van der Waals surface area contributed by atoms with Crippen LogP contribution >= 0.6 is 11.6 Å². The molecule has 0 unspecified atom stereocenters. The topological polar surface area (TPSA) is 75.9 Å². The lowest BCUT2D eigenvalue weighted by atomic mass is 10.00. The van der Waals surface area contributed by atoms with E-state index in [0.717, 1.165) is 0 Å². The molecule has 35 heavy (non-hydrogen) atoms. The molecule has 0 bridgehead atoms. The smallest absolute Gasteiger partial charge is 0.269 e. The summed E-state index contributed by atoms with van der Waals surface area (Å²) in [6, 6.07) is 17.2. The lowest BCUT2D eigenvalue weighted by molar-refractivity contribution is -0.384. The summed E-state index contributed by atoms with van der Waals surface area (Å²) in [7, 11) is 1.57. The van der Waals surface area contributed by atoms with Crippen LogP contribution in [-0.4, -0.2) is 42.0 Å². The van der Waals surface area contributed by atoms with Crippen molar-refractivity contribution in [1.29, 1.82) is 0 Å². The SMILES string of the molecule is COc1ccc(C(=O)N(c2ccc(F)cc2)C2CCN(Cc3cc([N+](=O)[O-])ccc3Cl)CC2)cc1. The van der Waals surface area contributed by atoms with E-state index in [-0.39, 0.29) is 23.5 Å². The highest BCUT2D eigenvalue weighted by molar-refractivity contribution is 6.31. The number of methoxy groups -OCH3 is 1. The fourth-order valence-corrected chi connectivity index (χ4v) is 4.52. The molecule has 4 rings (SSSR count). The van der Waals surface area contributed by atoms with E-state index in [4.69, 9.17) is 16.3 Å². The Bertz CT molecular complexity index is 1200. The van der Waals surface area contributed by atoms with Crippen LogP contribution in [-0.2, 0) is 6.54 Å². The number of nitro groups is 1. The second-order valence-corrected chi connectivity index (χ2v) is 8.83. The Morgan fingerprint density at radius 3 is 2.37 bits per heavy atom. The van der Waals surface area contributed by atoms with Gasteiger partial charge < -0.3 is 9.64 Å². The molecule has 1 aliphatic rings. The van der Waals surface area contributed by atoms with E-state index in [1.54, 1.807) is 54.5 Å². The van der Waals surface area contributed by atoms with Gasteiger partial charge in [0, 0.05) is 54.1 Å². The van der Waals surface area contributed by atoms with E-state index in [1.165, 1.54) is 24.3 Å². The van der Waals surface area contributed by atoms with Crippen LogP contribution in [0.5, 0.6) is 5.75 Å². The van der Waals surface area contributed by atoms with Crippen molar-refractivity contribution in [3.63, 3.8) is 0 Å². The number of hydrogen-bond acceptors (Lipinski definition) is 5. The van der Waals surface area contributed by atoms with Gasteiger partial charge in [0.25, 0.3) is 11.6 Å². The van der Waals surface area contributed by atoms with Gasteiger partial charge >= 0.3 is 0 Å². The average Bonchev–Trinajstić information content (AvgIpc) is 2.87. The van der Waals surface area contributed by atoms with Crippen LogP contribution in [0.4, 0.5) is 15.8 Å². The number of rotatable bonds is 7. The number of carbonyl (C=O) groups is 1. The van der Waals surface area contributed by atoms with Crippen molar-refractivity contribution < 1.29 is 18.8 Å². The predicted octanol–water partition coefficient (Wildman–Crippen LogP) is 5.71. The van der Waals surface area contributed by atoms with Gasteiger partial charge in [0.15, 0.2) is 0 Å². The third-order valence-corrected chi connectivity index (χ3v) is 6.59.